The predicted octanol–water partition coefficient (Wildman–Crippen LogP) is 2.09. The molecule has 1 aromatic heterocycles. The van der Waals surface area contributed by atoms with Gasteiger partial charge in [0.2, 0.25) is 0 Å². The first-order chi connectivity index (χ1) is 7.46. The Morgan fingerprint density at radius 3 is 2.81 bits per heavy atom. The second-order valence-corrected chi connectivity index (χ2v) is 4.84. The number of nitrogens with zero attached hydrogens (tertiary/aromatic N) is 1. The molecule has 0 atom stereocenters. The maximum Gasteiger partial charge on any atom is 0.251 e. The van der Waals surface area contributed by atoms with Crippen molar-refractivity contribution in [3.63, 3.8) is 0 Å². The Hall–Kier alpha value is -1.84. The molecule has 2 aromatic rings. The summed E-state index contributed by atoms with van der Waals surface area (Å²) in [5.74, 6) is -0.0657. The van der Waals surface area contributed by atoms with Crippen LogP contribution in [0.2, 0.25) is 0 Å². The molecule has 1 aromatic carbocycles. The zero-order chi connectivity index (χ0) is 11.8. The molecule has 0 unspecified atom stereocenters. The number of nitrogens with one attached hydrogen (secondary N) is 2. The van der Waals surface area contributed by atoms with Gasteiger partial charge in [0.05, 0.1) is 17.4 Å². The van der Waals surface area contributed by atoms with Gasteiger partial charge in [-0.25, -0.2) is 4.98 Å². The number of carbonyl (C=O) groups is 1. The van der Waals surface area contributed by atoms with Crippen LogP contribution in [-0.4, -0.2) is 21.4 Å². The predicted molar refractivity (Wildman–Crippen MR) is 63.3 cm³/mol. The highest BCUT2D eigenvalue weighted by Crippen LogP contribution is 2.12. The standard InChI is InChI=1S/C12H15N3O/c1-12(2,3)15-11(16)8-4-5-9-10(6-8)14-7-13-9/h4-7H,1-3H3,(H,13,14)(H,15,16). The number of aromatic amines is 1. The largest absolute Gasteiger partial charge is 0.347 e. The molecule has 0 bridgehead atoms. The number of rotatable bonds is 1. The Balaban J connectivity index is 2.29. The van der Waals surface area contributed by atoms with Crippen LogP contribution in [0.25, 0.3) is 11.0 Å². The minimum absolute atomic E-state index is 0.0657. The number of carbonyl (C=O) groups excluding carboxylic acids is 1. The lowest BCUT2D eigenvalue weighted by molar-refractivity contribution is 0.0919. The molecule has 0 fully saturated rings. The molecule has 1 heterocycles. The highest BCUT2D eigenvalue weighted by atomic mass is 16.1. The summed E-state index contributed by atoms with van der Waals surface area (Å²) >= 11 is 0. The normalized spacial score (nSPS) is 11.7. The zero-order valence-corrected chi connectivity index (χ0v) is 9.66. The molecule has 0 aliphatic carbocycles. The Labute approximate surface area is 94.1 Å². The number of amides is 1. The Kier molecular flexibility index (Phi) is 2.42. The summed E-state index contributed by atoms with van der Waals surface area (Å²) in [5.41, 5.74) is 2.17. The molecule has 0 saturated heterocycles. The first-order valence-electron chi connectivity index (χ1n) is 5.21. The van der Waals surface area contributed by atoms with Crippen LogP contribution in [0.3, 0.4) is 0 Å². The zero-order valence-electron chi connectivity index (χ0n) is 9.66. The van der Waals surface area contributed by atoms with E-state index in [1.54, 1.807) is 12.4 Å². The molecule has 0 aliphatic rings. The van der Waals surface area contributed by atoms with Gasteiger partial charge >= 0.3 is 0 Å². The first kappa shape index (κ1) is 10.7. The van der Waals surface area contributed by atoms with E-state index < -0.39 is 0 Å². The van der Waals surface area contributed by atoms with E-state index in [-0.39, 0.29) is 11.4 Å². The van der Waals surface area contributed by atoms with E-state index in [0.29, 0.717) is 5.56 Å². The third-order valence-corrected chi connectivity index (χ3v) is 2.17. The summed E-state index contributed by atoms with van der Waals surface area (Å²) in [7, 11) is 0. The van der Waals surface area contributed by atoms with Crippen molar-refractivity contribution in [2.75, 3.05) is 0 Å². The smallest absolute Gasteiger partial charge is 0.251 e. The molecule has 84 valence electrons. The molecule has 2 rings (SSSR count). The fourth-order valence-corrected chi connectivity index (χ4v) is 1.49. The number of hydrogen-bond donors (Lipinski definition) is 2. The van der Waals surface area contributed by atoms with Crippen LogP contribution in [0.1, 0.15) is 31.1 Å². The highest BCUT2D eigenvalue weighted by molar-refractivity contribution is 5.97. The minimum Gasteiger partial charge on any atom is -0.347 e. The fraction of sp³-hybridized carbons (Fsp3) is 0.333. The van der Waals surface area contributed by atoms with E-state index >= 15 is 0 Å². The first-order valence-corrected chi connectivity index (χ1v) is 5.21. The SMILES string of the molecule is CC(C)(C)NC(=O)c1ccc2nc[nH]c2c1. The molecule has 4 nitrogen and oxygen atoms in total. The Morgan fingerprint density at radius 2 is 2.12 bits per heavy atom. The van der Waals surface area contributed by atoms with Crippen LogP contribution in [0.5, 0.6) is 0 Å². The summed E-state index contributed by atoms with van der Waals surface area (Å²) in [6.45, 7) is 5.87. The number of aromatic nitrogens is 2. The second-order valence-electron chi connectivity index (χ2n) is 4.84. The summed E-state index contributed by atoms with van der Waals surface area (Å²) in [4.78, 5) is 19.0. The number of imidazole rings is 1. The van der Waals surface area contributed by atoms with Gasteiger partial charge in [0.1, 0.15) is 0 Å². The van der Waals surface area contributed by atoms with Crippen molar-refractivity contribution in [3.8, 4) is 0 Å². The lowest BCUT2D eigenvalue weighted by Crippen LogP contribution is -2.40. The maximum atomic E-state index is 11.9. The van der Waals surface area contributed by atoms with Gasteiger partial charge in [0.25, 0.3) is 5.91 Å². The van der Waals surface area contributed by atoms with Gasteiger partial charge in [-0.2, -0.15) is 0 Å². The van der Waals surface area contributed by atoms with Crippen molar-refractivity contribution >= 4 is 16.9 Å². The van der Waals surface area contributed by atoms with Crippen molar-refractivity contribution in [2.24, 2.45) is 0 Å². The quantitative estimate of drug-likeness (QED) is 0.768. The van der Waals surface area contributed by atoms with Gasteiger partial charge in [-0.1, -0.05) is 0 Å². The van der Waals surface area contributed by atoms with Gasteiger partial charge in [0, 0.05) is 11.1 Å². The number of hydrogen-bond acceptors (Lipinski definition) is 2. The van der Waals surface area contributed by atoms with E-state index in [0.717, 1.165) is 11.0 Å². The van der Waals surface area contributed by atoms with Crippen LogP contribution >= 0.6 is 0 Å². The van der Waals surface area contributed by atoms with Gasteiger partial charge in [-0.15, -0.1) is 0 Å². The Bertz CT molecular complexity index is 522. The van der Waals surface area contributed by atoms with Crippen LogP contribution in [-0.2, 0) is 0 Å². The summed E-state index contributed by atoms with van der Waals surface area (Å²) in [6, 6.07) is 5.43. The topological polar surface area (TPSA) is 57.8 Å². The fourth-order valence-electron chi connectivity index (χ4n) is 1.49. The van der Waals surface area contributed by atoms with Crippen molar-refractivity contribution in [1.29, 1.82) is 0 Å². The van der Waals surface area contributed by atoms with Crippen molar-refractivity contribution in [1.82, 2.24) is 15.3 Å². The average Bonchev–Trinajstić information content (AvgIpc) is 2.61. The lowest BCUT2D eigenvalue weighted by Gasteiger charge is -2.20. The number of benzene rings is 1. The van der Waals surface area contributed by atoms with Crippen molar-refractivity contribution in [3.05, 3.63) is 30.1 Å². The van der Waals surface area contributed by atoms with E-state index in [1.807, 2.05) is 32.9 Å². The van der Waals surface area contributed by atoms with Gasteiger partial charge < -0.3 is 10.3 Å². The molecule has 4 heteroatoms. The van der Waals surface area contributed by atoms with E-state index in [9.17, 15) is 4.79 Å². The molecule has 0 spiro atoms. The number of H-pyrrole nitrogens is 1. The summed E-state index contributed by atoms with van der Waals surface area (Å²) in [6.07, 6.45) is 1.62. The maximum absolute atomic E-state index is 11.9. The van der Waals surface area contributed by atoms with Gasteiger partial charge in [-0.3, -0.25) is 4.79 Å². The van der Waals surface area contributed by atoms with Crippen LogP contribution < -0.4 is 5.32 Å². The van der Waals surface area contributed by atoms with Crippen LogP contribution in [0, 0.1) is 0 Å². The molecular weight excluding hydrogens is 202 g/mol. The third kappa shape index (κ3) is 2.21. The van der Waals surface area contributed by atoms with Gasteiger partial charge in [0.15, 0.2) is 0 Å². The molecule has 2 N–H and O–H groups in total. The van der Waals surface area contributed by atoms with Crippen molar-refractivity contribution in [2.45, 2.75) is 26.3 Å². The lowest BCUT2D eigenvalue weighted by atomic mass is 10.1. The van der Waals surface area contributed by atoms with E-state index in [2.05, 4.69) is 15.3 Å². The second kappa shape index (κ2) is 3.63. The van der Waals surface area contributed by atoms with E-state index in [1.165, 1.54) is 0 Å². The highest BCUT2D eigenvalue weighted by Gasteiger charge is 2.15. The molecule has 16 heavy (non-hydrogen) atoms. The van der Waals surface area contributed by atoms with Gasteiger partial charge in [-0.05, 0) is 39.0 Å². The third-order valence-electron chi connectivity index (χ3n) is 2.17. The molecular formula is C12H15N3O. The summed E-state index contributed by atoms with van der Waals surface area (Å²) in [5, 5.41) is 2.92. The monoisotopic (exact) mass is 217 g/mol. The van der Waals surface area contributed by atoms with Crippen molar-refractivity contribution < 1.29 is 4.79 Å². The molecule has 1 amide bonds. The minimum atomic E-state index is -0.222. The van der Waals surface area contributed by atoms with E-state index in [4.69, 9.17) is 0 Å². The van der Waals surface area contributed by atoms with Crippen LogP contribution in [0.4, 0.5) is 0 Å². The summed E-state index contributed by atoms with van der Waals surface area (Å²) < 4.78 is 0. The Morgan fingerprint density at radius 1 is 1.38 bits per heavy atom. The molecule has 0 radical (unpaired) electrons. The van der Waals surface area contributed by atoms with Crippen LogP contribution in [0.15, 0.2) is 24.5 Å². The molecule has 0 aliphatic heterocycles. The average molecular weight is 217 g/mol. The molecule has 0 saturated carbocycles. The number of fused-ring (bicyclic) bond motifs is 1.